The number of rotatable bonds is 2. The standard InChI is InChI=1S/C9H15N3O/c1-5-10-9-11-7(3)6(2)8(13)12(9)4/h5H2,1-4H3,(H,10,11). The molecule has 0 bridgehead atoms. The first-order valence-electron chi connectivity index (χ1n) is 4.36. The molecule has 0 aliphatic rings. The van der Waals surface area contributed by atoms with Gasteiger partial charge in [-0.05, 0) is 20.8 Å². The molecule has 0 aromatic carbocycles. The van der Waals surface area contributed by atoms with Gasteiger partial charge in [0.2, 0.25) is 5.95 Å². The number of aromatic nitrogens is 2. The van der Waals surface area contributed by atoms with E-state index in [1.54, 1.807) is 14.0 Å². The van der Waals surface area contributed by atoms with E-state index in [9.17, 15) is 4.79 Å². The lowest BCUT2D eigenvalue weighted by Crippen LogP contribution is -2.25. The monoisotopic (exact) mass is 181 g/mol. The molecule has 0 atom stereocenters. The molecule has 0 radical (unpaired) electrons. The molecule has 1 aromatic heterocycles. The van der Waals surface area contributed by atoms with Crippen LogP contribution in [-0.4, -0.2) is 16.1 Å². The summed E-state index contributed by atoms with van der Waals surface area (Å²) in [7, 11) is 1.72. The highest BCUT2D eigenvalue weighted by Gasteiger charge is 2.06. The van der Waals surface area contributed by atoms with Crippen LogP contribution in [0.25, 0.3) is 0 Å². The average Bonchev–Trinajstić information content (AvgIpc) is 2.11. The third-order valence-electron chi connectivity index (χ3n) is 2.09. The third kappa shape index (κ3) is 1.71. The number of hydrogen-bond donors (Lipinski definition) is 1. The number of hydrogen-bond acceptors (Lipinski definition) is 3. The fourth-order valence-electron chi connectivity index (χ4n) is 1.14. The quantitative estimate of drug-likeness (QED) is 0.735. The normalized spacial score (nSPS) is 10.2. The van der Waals surface area contributed by atoms with Gasteiger partial charge in [0.15, 0.2) is 0 Å². The maximum atomic E-state index is 11.6. The molecule has 0 unspecified atom stereocenters. The van der Waals surface area contributed by atoms with Gasteiger partial charge in [-0.15, -0.1) is 0 Å². The molecule has 0 spiro atoms. The zero-order valence-electron chi connectivity index (χ0n) is 8.51. The van der Waals surface area contributed by atoms with Gasteiger partial charge in [0.25, 0.3) is 5.56 Å². The largest absolute Gasteiger partial charge is 0.356 e. The van der Waals surface area contributed by atoms with Crippen LogP contribution >= 0.6 is 0 Å². The fourth-order valence-corrected chi connectivity index (χ4v) is 1.14. The molecule has 1 aromatic rings. The zero-order chi connectivity index (χ0) is 10.0. The van der Waals surface area contributed by atoms with E-state index in [-0.39, 0.29) is 5.56 Å². The number of anilines is 1. The topological polar surface area (TPSA) is 46.9 Å². The molecule has 13 heavy (non-hydrogen) atoms. The first-order valence-corrected chi connectivity index (χ1v) is 4.36. The lowest BCUT2D eigenvalue weighted by atomic mass is 10.3. The second-order valence-electron chi connectivity index (χ2n) is 3.04. The van der Waals surface area contributed by atoms with Crippen LogP contribution in [-0.2, 0) is 7.05 Å². The van der Waals surface area contributed by atoms with Crippen molar-refractivity contribution < 1.29 is 0 Å². The summed E-state index contributed by atoms with van der Waals surface area (Å²) < 4.78 is 1.53. The van der Waals surface area contributed by atoms with E-state index in [1.807, 2.05) is 13.8 Å². The second-order valence-corrected chi connectivity index (χ2v) is 3.04. The van der Waals surface area contributed by atoms with Gasteiger partial charge in [-0.25, -0.2) is 4.98 Å². The van der Waals surface area contributed by atoms with Crippen molar-refractivity contribution in [3.63, 3.8) is 0 Å². The zero-order valence-corrected chi connectivity index (χ0v) is 8.51. The summed E-state index contributed by atoms with van der Waals surface area (Å²) in [6.07, 6.45) is 0. The molecular weight excluding hydrogens is 166 g/mol. The minimum atomic E-state index is 0.0171. The average molecular weight is 181 g/mol. The van der Waals surface area contributed by atoms with Gasteiger partial charge in [-0.1, -0.05) is 0 Å². The molecule has 1 N–H and O–H groups in total. The highest BCUT2D eigenvalue weighted by atomic mass is 16.1. The number of nitrogens with one attached hydrogen (secondary N) is 1. The van der Waals surface area contributed by atoms with Crippen molar-refractivity contribution in [3.05, 3.63) is 21.6 Å². The fraction of sp³-hybridized carbons (Fsp3) is 0.556. The Hall–Kier alpha value is -1.32. The predicted molar refractivity (Wildman–Crippen MR) is 53.1 cm³/mol. The van der Waals surface area contributed by atoms with Crippen molar-refractivity contribution in [1.82, 2.24) is 9.55 Å². The van der Waals surface area contributed by atoms with E-state index in [0.717, 1.165) is 12.2 Å². The summed E-state index contributed by atoms with van der Waals surface area (Å²) in [6, 6.07) is 0. The Kier molecular flexibility index (Phi) is 2.70. The number of aryl methyl sites for hydroxylation is 1. The summed E-state index contributed by atoms with van der Waals surface area (Å²) in [5, 5.41) is 3.04. The van der Waals surface area contributed by atoms with Crippen LogP contribution in [0, 0.1) is 13.8 Å². The molecule has 0 aliphatic carbocycles. The molecule has 4 nitrogen and oxygen atoms in total. The lowest BCUT2D eigenvalue weighted by molar-refractivity contribution is 0.803. The van der Waals surface area contributed by atoms with E-state index in [2.05, 4.69) is 10.3 Å². The van der Waals surface area contributed by atoms with Crippen LogP contribution in [0.3, 0.4) is 0 Å². The van der Waals surface area contributed by atoms with Crippen LogP contribution in [0.5, 0.6) is 0 Å². The van der Waals surface area contributed by atoms with Crippen LogP contribution in [0.1, 0.15) is 18.2 Å². The van der Waals surface area contributed by atoms with Gasteiger partial charge in [0, 0.05) is 24.8 Å². The van der Waals surface area contributed by atoms with Gasteiger partial charge < -0.3 is 5.32 Å². The lowest BCUT2D eigenvalue weighted by Gasteiger charge is -2.10. The highest BCUT2D eigenvalue weighted by Crippen LogP contribution is 2.02. The van der Waals surface area contributed by atoms with Crippen LogP contribution < -0.4 is 10.9 Å². The molecule has 72 valence electrons. The summed E-state index contributed by atoms with van der Waals surface area (Å²) in [5.41, 5.74) is 1.52. The van der Waals surface area contributed by atoms with Crippen LogP contribution in [0.4, 0.5) is 5.95 Å². The van der Waals surface area contributed by atoms with Crippen molar-refractivity contribution >= 4 is 5.95 Å². The summed E-state index contributed by atoms with van der Waals surface area (Å²) >= 11 is 0. The van der Waals surface area contributed by atoms with E-state index in [0.29, 0.717) is 11.5 Å². The van der Waals surface area contributed by atoms with E-state index in [4.69, 9.17) is 0 Å². The Labute approximate surface area is 77.6 Å². The minimum absolute atomic E-state index is 0.0171. The molecule has 0 saturated heterocycles. The van der Waals surface area contributed by atoms with E-state index in [1.165, 1.54) is 4.57 Å². The molecule has 1 rings (SSSR count). The van der Waals surface area contributed by atoms with Crippen LogP contribution in [0.2, 0.25) is 0 Å². The Morgan fingerprint density at radius 3 is 2.62 bits per heavy atom. The van der Waals surface area contributed by atoms with Gasteiger partial charge >= 0.3 is 0 Å². The molecule has 0 fully saturated rings. The van der Waals surface area contributed by atoms with Gasteiger partial charge in [0.05, 0.1) is 0 Å². The molecule has 0 amide bonds. The van der Waals surface area contributed by atoms with Gasteiger partial charge in [0.1, 0.15) is 0 Å². The second kappa shape index (κ2) is 3.60. The smallest absolute Gasteiger partial charge is 0.257 e. The molecular formula is C9H15N3O. The van der Waals surface area contributed by atoms with Gasteiger partial charge in [-0.2, -0.15) is 0 Å². The van der Waals surface area contributed by atoms with Crippen molar-refractivity contribution in [3.8, 4) is 0 Å². The van der Waals surface area contributed by atoms with Crippen LogP contribution in [0.15, 0.2) is 4.79 Å². The van der Waals surface area contributed by atoms with Crippen molar-refractivity contribution in [2.24, 2.45) is 7.05 Å². The Morgan fingerprint density at radius 1 is 1.46 bits per heavy atom. The molecule has 0 saturated carbocycles. The van der Waals surface area contributed by atoms with E-state index < -0.39 is 0 Å². The molecule has 4 heteroatoms. The number of nitrogens with zero attached hydrogens (tertiary/aromatic N) is 2. The Balaban J connectivity index is 3.32. The highest BCUT2D eigenvalue weighted by molar-refractivity contribution is 5.30. The molecule has 0 aliphatic heterocycles. The minimum Gasteiger partial charge on any atom is -0.356 e. The van der Waals surface area contributed by atoms with Crippen molar-refractivity contribution in [1.29, 1.82) is 0 Å². The predicted octanol–water partition coefficient (Wildman–Crippen LogP) is 0.829. The van der Waals surface area contributed by atoms with Gasteiger partial charge in [-0.3, -0.25) is 9.36 Å². The third-order valence-corrected chi connectivity index (χ3v) is 2.09. The Bertz CT molecular complexity index is 368. The summed E-state index contributed by atoms with van der Waals surface area (Å²) in [6.45, 7) is 6.38. The Morgan fingerprint density at radius 2 is 2.08 bits per heavy atom. The van der Waals surface area contributed by atoms with Crippen molar-refractivity contribution in [2.45, 2.75) is 20.8 Å². The summed E-state index contributed by atoms with van der Waals surface area (Å²) in [4.78, 5) is 15.8. The summed E-state index contributed by atoms with van der Waals surface area (Å²) in [5.74, 6) is 0.635. The van der Waals surface area contributed by atoms with Crippen molar-refractivity contribution in [2.75, 3.05) is 11.9 Å². The first-order chi connectivity index (χ1) is 6.07. The SMILES string of the molecule is CCNc1nc(C)c(C)c(=O)n1C. The van der Waals surface area contributed by atoms with E-state index >= 15 is 0 Å². The first kappa shape index (κ1) is 9.77. The molecule has 1 heterocycles. The maximum absolute atomic E-state index is 11.6. The maximum Gasteiger partial charge on any atom is 0.257 e.